The minimum absolute atomic E-state index is 0.0456. The Hall–Kier alpha value is -1.06. The van der Waals surface area contributed by atoms with Crippen molar-refractivity contribution in [3.05, 3.63) is 34.9 Å². The summed E-state index contributed by atoms with van der Waals surface area (Å²) in [5, 5.41) is 2.20. The maximum Gasteiger partial charge on any atom is 0.285 e. The van der Waals surface area contributed by atoms with Crippen LogP contribution in [0.4, 0.5) is 0 Å². The number of halogens is 1. The molecule has 0 bridgehead atoms. The molecule has 1 saturated heterocycles. The summed E-state index contributed by atoms with van der Waals surface area (Å²) in [6.45, 7) is 3.87. The Morgan fingerprint density at radius 2 is 2.00 bits per heavy atom. The van der Waals surface area contributed by atoms with E-state index in [4.69, 9.17) is 16.4 Å². The number of benzene rings is 1. The van der Waals surface area contributed by atoms with Gasteiger partial charge in [0.05, 0.1) is 6.04 Å². The summed E-state index contributed by atoms with van der Waals surface area (Å²) < 4.78 is 0. The molecule has 1 aromatic carbocycles. The molecule has 0 N–H and O–H groups in total. The van der Waals surface area contributed by atoms with Crippen molar-refractivity contribution in [3.63, 3.8) is 0 Å². The molecule has 0 radical (unpaired) electrons. The van der Waals surface area contributed by atoms with Gasteiger partial charge in [-0.1, -0.05) is 23.7 Å². The van der Waals surface area contributed by atoms with E-state index in [0.717, 1.165) is 5.56 Å². The lowest BCUT2D eigenvalue weighted by molar-refractivity contribution is -0.322. The van der Waals surface area contributed by atoms with E-state index in [9.17, 15) is 4.79 Å². The Kier molecular flexibility index (Phi) is 2.65. The number of rotatable bonds is 3. The Bertz CT molecular complexity index is 483. The van der Waals surface area contributed by atoms with Gasteiger partial charge in [-0.3, -0.25) is 4.79 Å². The molecule has 1 amide bonds. The van der Waals surface area contributed by atoms with Crippen LogP contribution in [-0.4, -0.2) is 17.0 Å². The summed E-state index contributed by atoms with van der Waals surface area (Å²) in [6.07, 6.45) is 2.40. The van der Waals surface area contributed by atoms with Gasteiger partial charge in [-0.15, -0.1) is 0 Å². The van der Waals surface area contributed by atoms with Crippen LogP contribution in [0.25, 0.3) is 0 Å². The summed E-state index contributed by atoms with van der Waals surface area (Å²) in [5.74, 6) is 0.660. The number of hydrogen-bond acceptors (Lipinski definition) is 2. The summed E-state index contributed by atoms with van der Waals surface area (Å²) in [6, 6.07) is 7.45. The second-order valence-corrected chi connectivity index (χ2v) is 5.78. The minimum Gasteiger partial charge on any atom is -0.269 e. The molecule has 1 saturated carbocycles. The molecule has 18 heavy (non-hydrogen) atoms. The average molecular weight is 266 g/mol. The molecular weight excluding hydrogens is 250 g/mol. The van der Waals surface area contributed by atoms with Crippen LogP contribution >= 0.6 is 11.6 Å². The predicted octanol–water partition coefficient (Wildman–Crippen LogP) is 3.13. The van der Waals surface area contributed by atoms with Gasteiger partial charge in [0.2, 0.25) is 0 Å². The molecule has 4 heteroatoms. The van der Waals surface area contributed by atoms with Gasteiger partial charge in [0.25, 0.3) is 5.91 Å². The molecule has 0 aromatic heterocycles. The van der Waals surface area contributed by atoms with Crippen LogP contribution in [0.3, 0.4) is 0 Å². The third-order valence-electron chi connectivity index (χ3n) is 3.96. The molecule has 2 aliphatic rings. The molecule has 1 aromatic rings. The van der Waals surface area contributed by atoms with Crippen molar-refractivity contribution in [1.82, 2.24) is 5.06 Å². The second kappa shape index (κ2) is 3.97. The predicted molar refractivity (Wildman–Crippen MR) is 68.9 cm³/mol. The standard InChI is InChI=1S/C14H16ClNO2/c1-9(10-3-4-10)16-13(17)14(2,18-16)11-5-7-12(15)8-6-11/h5-10H,3-4H2,1-2H3. The molecule has 2 fully saturated rings. The van der Waals surface area contributed by atoms with Crippen molar-refractivity contribution >= 4 is 17.5 Å². The Morgan fingerprint density at radius 1 is 1.39 bits per heavy atom. The van der Waals surface area contributed by atoms with Crippen LogP contribution in [0.5, 0.6) is 0 Å². The zero-order valence-electron chi connectivity index (χ0n) is 10.5. The lowest BCUT2D eigenvalue weighted by Crippen LogP contribution is -2.63. The molecule has 96 valence electrons. The number of carbonyl (C=O) groups excluding carboxylic acids is 1. The zero-order valence-corrected chi connectivity index (χ0v) is 11.3. The van der Waals surface area contributed by atoms with E-state index in [2.05, 4.69) is 6.92 Å². The zero-order chi connectivity index (χ0) is 12.9. The quantitative estimate of drug-likeness (QED) is 0.840. The third kappa shape index (κ3) is 1.73. The number of hydroxylamine groups is 2. The van der Waals surface area contributed by atoms with Crippen LogP contribution in [0, 0.1) is 5.92 Å². The van der Waals surface area contributed by atoms with E-state index < -0.39 is 5.60 Å². The van der Waals surface area contributed by atoms with E-state index in [1.807, 2.05) is 19.1 Å². The lowest BCUT2D eigenvalue weighted by Gasteiger charge is -2.48. The van der Waals surface area contributed by atoms with E-state index in [0.29, 0.717) is 10.9 Å². The number of amides is 1. The SMILES string of the molecule is CC(C1CC1)N1OC(C)(c2ccc(Cl)cc2)C1=O. The second-order valence-electron chi connectivity index (χ2n) is 5.34. The van der Waals surface area contributed by atoms with Gasteiger partial charge in [-0.25, -0.2) is 9.90 Å². The molecule has 1 aliphatic heterocycles. The van der Waals surface area contributed by atoms with Gasteiger partial charge < -0.3 is 0 Å². The normalized spacial score (nSPS) is 29.1. The highest BCUT2D eigenvalue weighted by molar-refractivity contribution is 6.30. The van der Waals surface area contributed by atoms with Gasteiger partial charge in [-0.2, -0.15) is 0 Å². The summed E-state index contributed by atoms with van der Waals surface area (Å²) >= 11 is 5.85. The Morgan fingerprint density at radius 3 is 2.50 bits per heavy atom. The summed E-state index contributed by atoms with van der Waals surface area (Å²) in [7, 11) is 0. The highest BCUT2D eigenvalue weighted by Gasteiger charge is 2.55. The fourth-order valence-electron chi connectivity index (χ4n) is 2.43. The van der Waals surface area contributed by atoms with E-state index in [1.165, 1.54) is 17.9 Å². The maximum absolute atomic E-state index is 12.3. The largest absolute Gasteiger partial charge is 0.285 e. The first-order chi connectivity index (χ1) is 8.52. The van der Waals surface area contributed by atoms with Gasteiger partial charge in [-0.05, 0) is 50.3 Å². The van der Waals surface area contributed by atoms with Crippen LogP contribution in [0.1, 0.15) is 32.3 Å². The monoisotopic (exact) mass is 265 g/mol. The highest BCUT2D eigenvalue weighted by atomic mass is 35.5. The average Bonchev–Trinajstić information content (AvgIpc) is 3.19. The fourth-order valence-corrected chi connectivity index (χ4v) is 2.56. The highest BCUT2D eigenvalue weighted by Crippen LogP contribution is 2.44. The van der Waals surface area contributed by atoms with Crippen molar-refractivity contribution in [2.24, 2.45) is 5.92 Å². The molecule has 1 aliphatic carbocycles. The first kappa shape index (κ1) is 12.0. The topological polar surface area (TPSA) is 29.5 Å². The third-order valence-corrected chi connectivity index (χ3v) is 4.21. The molecule has 1 heterocycles. The number of nitrogens with zero attached hydrogens (tertiary/aromatic N) is 1. The van der Waals surface area contributed by atoms with Crippen molar-refractivity contribution in [2.75, 3.05) is 0 Å². The fraction of sp³-hybridized carbons (Fsp3) is 0.500. The van der Waals surface area contributed by atoms with Gasteiger partial charge in [0.15, 0.2) is 5.60 Å². The van der Waals surface area contributed by atoms with Crippen molar-refractivity contribution in [1.29, 1.82) is 0 Å². The van der Waals surface area contributed by atoms with Gasteiger partial charge in [0.1, 0.15) is 0 Å². The first-order valence-corrected chi connectivity index (χ1v) is 6.69. The molecule has 2 unspecified atom stereocenters. The van der Waals surface area contributed by atoms with Crippen molar-refractivity contribution in [2.45, 2.75) is 38.3 Å². The smallest absolute Gasteiger partial charge is 0.269 e. The van der Waals surface area contributed by atoms with Crippen molar-refractivity contribution in [3.8, 4) is 0 Å². The maximum atomic E-state index is 12.3. The number of carbonyl (C=O) groups is 1. The van der Waals surface area contributed by atoms with E-state index >= 15 is 0 Å². The van der Waals surface area contributed by atoms with Gasteiger partial charge in [0, 0.05) is 5.02 Å². The minimum atomic E-state index is -0.840. The Balaban J connectivity index is 1.77. The molecule has 3 nitrogen and oxygen atoms in total. The van der Waals surface area contributed by atoms with E-state index in [1.54, 1.807) is 12.1 Å². The van der Waals surface area contributed by atoms with E-state index in [-0.39, 0.29) is 11.9 Å². The molecule has 0 spiro atoms. The molecule has 3 rings (SSSR count). The Labute approximate surface area is 112 Å². The summed E-state index contributed by atoms with van der Waals surface area (Å²) in [5.41, 5.74) is 0.0180. The van der Waals surface area contributed by atoms with Crippen molar-refractivity contribution < 1.29 is 9.63 Å². The molecule has 2 atom stereocenters. The van der Waals surface area contributed by atoms with Crippen LogP contribution in [0.15, 0.2) is 24.3 Å². The van der Waals surface area contributed by atoms with Gasteiger partial charge >= 0.3 is 0 Å². The first-order valence-electron chi connectivity index (χ1n) is 6.31. The van der Waals surface area contributed by atoms with Crippen LogP contribution < -0.4 is 0 Å². The summed E-state index contributed by atoms with van der Waals surface area (Å²) in [4.78, 5) is 18.1. The van der Waals surface area contributed by atoms with Crippen LogP contribution in [0.2, 0.25) is 5.02 Å². The lowest BCUT2D eigenvalue weighted by atomic mass is 9.91. The van der Waals surface area contributed by atoms with Crippen LogP contribution in [-0.2, 0) is 15.2 Å². The number of hydrogen-bond donors (Lipinski definition) is 0. The molecular formula is C14H16ClNO2.